The number of rotatable bonds is 4. The minimum Gasteiger partial charge on any atom is -0.485 e. The summed E-state index contributed by atoms with van der Waals surface area (Å²) in [5.41, 5.74) is 0.105. The summed E-state index contributed by atoms with van der Waals surface area (Å²) in [4.78, 5) is 24.6. The molecule has 26 heavy (non-hydrogen) atoms. The van der Waals surface area contributed by atoms with Crippen LogP contribution in [0, 0.1) is 11.6 Å². The number of hydrogen-bond acceptors (Lipinski definition) is 4. The van der Waals surface area contributed by atoms with E-state index in [4.69, 9.17) is 9.47 Å². The number of carbonyl (C=O) groups excluding carboxylic acids is 2. The third kappa shape index (κ3) is 3.58. The van der Waals surface area contributed by atoms with Crippen molar-refractivity contribution >= 4 is 11.8 Å². The molecule has 0 saturated carbocycles. The first-order valence-electron chi connectivity index (χ1n) is 7.85. The second-order valence-electron chi connectivity index (χ2n) is 5.59. The van der Waals surface area contributed by atoms with E-state index < -0.39 is 35.6 Å². The molecule has 1 heterocycles. The van der Waals surface area contributed by atoms with Crippen molar-refractivity contribution in [1.29, 1.82) is 0 Å². The van der Waals surface area contributed by atoms with Gasteiger partial charge in [0.15, 0.2) is 23.1 Å². The van der Waals surface area contributed by atoms with Crippen molar-refractivity contribution < 1.29 is 27.8 Å². The van der Waals surface area contributed by atoms with Crippen molar-refractivity contribution in [2.24, 2.45) is 0 Å². The number of benzene rings is 2. The van der Waals surface area contributed by atoms with Gasteiger partial charge in [-0.25, -0.2) is 8.78 Å². The molecule has 1 aliphatic heterocycles. The third-order valence-electron chi connectivity index (χ3n) is 3.87. The van der Waals surface area contributed by atoms with E-state index in [-0.39, 0.29) is 12.2 Å². The highest BCUT2D eigenvalue weighted by Gasteiger charge is 2.31. The molecule has 8 heteroatoms. The van der Waals surface area contributed by atoms with Gasteiger partial charge in [0.1, 0.15) is 12.6 Å². The molecule has 0 bridgehead atoms. The Morgan fingerprint density at radius 1 is 1.12 bits per heavy atom. The Hall–Kier alpha value is -3.16. The maximum atomic E-state index is 13.5. The molecule has 136 valence electrons. The van der Waals surface area contributed by atoms with Gasteiger partial charge in [-0.05, 0) is 29.8 Å². The summed E-state index contributed by atoms with van der Waals surface area (Å²) in [5, 5.41) is 4.87. The SMILES string of the molecule is CNC(=O)C(NC(=O)C1COc2ccccc2O1)c1ccc(F)c(F)c1. The highest BCUT2D eigenvalue weighted by Crippen LogP contribution is 2.31. The molecule has 0 aromatic heterocycles. The normalized spacial score (nSPS) is 16.5. The molecule has 3 rings (SSSR count). The van der Waals surface area contributed by atoms with Crippen LogP contribution in [0.3, 0.4) is 0 Å². The molecule has 1 aliphatic rings. The number of likely N-dealkylation sites (N-methyl/N-ethyl adjacent to an activating group) is 1. The van der Waals surface area contributed by atoms with Crippen LogP contribution in [0.25, 0.3) is 0 Å². The largest absolute Gasteiger partial charge is 0.485 e. The monoisotopic (exact) mass is 362 g/mol. The highest BCUT2D eigenvalue weighted by molar-refractivity contribution is 5.90. The van der Waals surface area contributed by atoms with Crippen LogP contribution in [-0.2, 0) is 9.59 Å². The highest BCUT2D eigenvalue weighted by atomic mass is 19.2. The molecule has 2 atom stereocenters. The lowest BCUT2D eigenvalue weighted by molar-refractivity contribution is -0.134. The first-order valence-corrected chi connectivity index (χ1v) is 7.85. The summed E-state index contributed by atoms with van der Waals surface area (Å²) in [6, 6.07) is 8.64. The second kappa shape index (κ2) is 7.38. The van der Waals surface area contributed by atoms with Crippen LogP contribution in [0.5, 0.6) is 11.5 Å². The molecule has 6 nitrogen and oxygen atoms in total. The lowest BCUT2D eigenvalue weighted by atomic mass is 10.1. The van der Waals surface area contributed by atoms with E-state index in [2.05, 4.69) is 10.6 Å². The predicted molar refractivity (Wildman–Crippen MR) is 87.7 cm³/mol. The van der Waals surface area contributed by atoms with Crippen molar-refractivity contribution in [3.05, 3.63) is 59.7 Å². The number of amides is 2. The van der Waals surface area contributed by atoms with Crippen molar-refractivity contribution in [3.8, 4) is 11.5 Å². The van der Waals surface area contributed by atoms with Gasteiger partial charge in [0, 0.05) is 7.05 Å². The average molecular weight is 362 g/mol. The van der Waals surface area contributed by atoms with Crippen molar-refractivity contribution in [1.82, 2.24) is 10.6 Å². The Bertz CT molecular complexity index is 844. The lowest BCUT2D eigenvalue weighted by Gasteiger charge is -2.27. The topological polar surface area (TPSA) is 76.7 Å². The van der Waals surface area contributed by atoms with Crippen LogP contribution in [0.1, 0.15) is 11.6 Å². The Labute approximate surface area is 148 Å². The molecule has 2 unspecified atom stereocenters. The van der Waals surface area contributed by atoms with E-state index in [1.165, 1.54) is 13.1 Å². The van der Waals surface area contributed by atoms with Crippen LogP contribution in [0.2, 0.25) is 0 Å². The van der Waals surface area contributed by atoms with Crippen molar-refractivity contribution in [3.63, 3.8) is 0 Å². The van der Waals surface area contributed by atoms with Gasteiger partial charge in [0.25, 0.3) is 5.91 Å². The van der Waals surface area contributed by atoms with E-state index >= 15 is 0 Å². The number of fused-ring (bicyclic) bond motifs is 1. The molecule has 0 saturated heterocycles. The van der Waals surface area contributed by atoms with Gasteiger partial charge >= 0.3 is 0 Å². The quantitative estimate of drug-likeness (QED) is 0.868. The van der Waals surface area contributed by atoms with E-state index in [9.17, 15) is 18.4 Å². The Kier molecular flexibility index (Phi) is 5.01. The fourth-order valence-corrected chi connectivity index (χ4v) is 2.52. The van der Waals surface area contributed by atoms with Crippen LogP contribution >= 0.6 is 0 Å². The number of halogens is 2. The number of ether oxygens (including phenoxy) is 2. The summed E-state index contributed by atoms with van der Waals surface area (Å²) in [5.74, 6) is -2.43. The summed E-state index contributed by atoms with van der Waals surface area (Å²) in [6.07, 6.45) is -0.984. The average Bonchev–Trinajstić information content (AvgIpc) is 2.67. The molecular formula is C18H16F2N2O4. The van der Waals surface area contributed by atoms with Gasteiger partial charge in [-0.1, -0.05) is 18.2 Å². The zero-order valence-corrected chi connectivity index (χ0v) is 13.8. The summed E-state index contributed by atoms with van der Waals surface area (Å²) >= 11 is 0. The van der Waals surface area contributed by atoms with Gasteiger partial charge in [-0.15, -0.1) is 0 Å². The molecule has 2 aromatic rings. The Balaban J connectivity index is 1.78. The third-order valence-corrected chi connectivity index (χ3v) is 3.87. The number of para-hydroxylation sites is 2. The zero-order chi connectivity index (χ0) is 18.7. The van der Waals surface area contributed by atoms with Gasteiger partial charge in [0.2, 0.25) is 12.0 Å². The minimum absolute atomic E-state index is 0.0406. The first kappa shape index (κ1) is 17.7. The molecule has 2 N–H and O–H groups in total. The standard InChI is InChI=1S/C18H16F2N2O4/c1-21-18(24)16(10-6-7-11(19)12(20)8-10)22-17(23)15-9-25-13-4-2-3-5-14(13)26-15/h2-8,15-16H,9H2,1H3,(H,21,24)(H,22,23). The maximum absolute atomic E-state index is 13.5. The van der Waals surface area contributed by atoms with Crippen molar-refractivity contribution in [2.45, 2.75) is 12.1 Å². The number of carbonyl (C=O) groups is 2. The molecule has 2 amide bonds. The number of hydrogen-bond donors (Lipinski definition) is 2. The van der Waals surface area contributed by atoms with E-state index in [0.717, 1.165) is 12.1 Å². The van der Waals surface area contributed by atoms with Gasteiger partial charge < -0.3 is 20.1 Å². The lowest BCUT2D eigenvalue weighted by Crippen LogP contribution is -2.48. The van der Waals surface area contributed by atoms with Crippen LogP contribution < -0.4 is 20.1 Å². The molecule has 2 aromatic carbocycles. The predicted octanol–water partition coefficient (Wildman–Crippen LogP) is 1.71. The minimum atomic E-state index is -1.21. The fourth-order valence-electron chi connectivity index (χ4n) is 2.52. The smallest absolute Gasteiger partial charge is 0.265 e. The first-order chi connectivity index (χ1) is 12.5. The summed E-state index contributed by atoms with van der Waals surface area (Å²) < 4.78 is 37.7. The van der Waals surface area contributed by atoms with E-state index in [1.54, 1.807) is 24.3 Å². The molecule has 0 radical (unpaired) electrons. The van der Waals surface area contributed by atoms with Crippen LogP contribution in [0.4, 0.5) is 8.78 Å². The second-order valence-corrected chi connectivity index (χ2v) is 5.59. The molecular weight excluding hydrogens is 346 g/mol. The van der Waals surface area contributed by atoms with Crippen LogP contribution in [0.15, 0.2) is 42.5 Å². The van der Waals surface area contributed by atoms with E-state index in [1.807, 2.05) is 0 Å². The zero-order valence-electron chi connectivity index (χ0n) is 13.8. The van der Waals surface area contributed by atoms with Gasteiger partial charge in [-0.3, -0.25) is 9.59 Å². The van der Waals surface area contributed by atoms with Crippen molar-refractivity contribution in [2.75, 3.05) is 13.7 Å². The molecule has 0 fully saturated rings. The molecule has 0 aliphatic carbocycles. The maximum Gasteiger partial charge on any atom is 0.265 e. The fraction of sp³-hybridized carbons (Fsp3) is 0.222. The Morgan fingerprint density at radius 2 is 1.85 bits per heavy atom. The molecule has 0 spiro atoms. The van der Waals surface area contributed by atoms with Gasteiger partial charge in [0.05, 0.1) is 0 Å². The van der Waals surface area contributed by atoms with E-state index in [0.29, 0.717) is 11.5 Å². The summed E-state index contributed by atoms with van der Waals surface area (Å²) in [6.45, 7) is -0.0406. The van der Waals surface area contributed by atoms with Gasteiger partial charge in [-0.2, -0.15) is 0 Å². The van der Waals surface area contributed by atoms with Crippen LogP contribution in [-0.4, -0.2) is 31.6 Å². The Morgan fingerprint density at radius 3 is 2.54 bits per heavy atom. The summed E-state index contributed by atoms with van der Waals surface area (Å²) in [7, 11) is 1.37. The number of nitrogens with one attached hydrogen (secondary N) is 2.